The average Bonchev–Trinajstić information content (AvgIpc) is 2.82. The summed E-state index contributed by atoms with van der Waals surface area (Å²) in [6, 6.07) is 12.0. The Labute approximate surface area is 195 Å². The van der Waals surface area contributed by atoms with Crippen LogP contribution in [0.2, 0.25) is 0 Å². The van der Waals surface area contributed by atoms with Gasteiger partial charge in [0.15, 0.2) is 0 Å². The van der Waals surface area contributed by atoms with Crippen LogP contribution in [-0.4, -0.2) is 52.2 Å². The minimum Gasteiger partial charge on any atom is -0.395 e. The second kappa shape index (κ2) is 9.86. The molecule has 0 spiro atoms. The Morgan fingerprint density at radius 1 is 1.18 bits per heavy atom. The maximum atomic E-state index is 12.9. The van der Waals surface area contributed by atoms with Crippen LogP contribution in [0.5, 0.6) is 0 Å². The van der Waals surface area contributed by atoms with E-state index in [9.17, 15) is 24.6 Å². The number of aliphatic hydroxyl groups is 2. The average molecular weight is 463 g/mol. The van der Waals surface area contributed by atoms with Crippen molar-refractivity contribution in [2.75, 3.05) is 34.4 Å². The zero-order valence-corrected chi connectivity index (χ0v) is 18.3. The lowest BCUT2D eigenvalue weighted by atomic mass is 10.0. The molecule has 6 N–H and O–H groups in total. The lowest BCUT2D eigenvalue weighted by Gasteiger charge is -2.25. The highest BCUT2D eigenvalue weighted by Gasteiger charge is 2.25. The number of nitrogens with two attached hydrogens (primary N) is 1. The van der Waals surface area contributed by atoms with Gasteiger partial charge in [-0.25, -0.2) is 4.98 Å². The van der Waals surface area contributed by atoms with E-state index in [0.29, 0.717) is 35.7 Å². The molecule has 2 heterocycles. The number of carbonyl (C=O) groups is 3. The number of hydrogen-bond donors (Lipinski definition) is 5. The fourth-order valence-corrected chi connectivity index (χ4v) is 3.90. The van der Waals surface area contributed by atoms with Gasteiger partial charge < -0.3 is 31.5 Å². The van der Waals surface area contributed by atoms with Crippen molar-refractivity contribution in [3.63, 3.8) is 0 Å². The number of pyridine rings is 1. The second-order valence-electron chi connectivity index (χ2n) is 8.00. The molecule has 0 saturated carbocycles. The van der Waals surface area contributed by atoms with E-state index in [1.54, 1.807) is 42.6 Å². The van der Waals surface area contributed by atoms with Crippen LogP contribution in [0.15, 0.2) is 48.7 Å². The summed E-state index contributed by atoms with van der Waals surface area (Å²) in [5.41, 5.74) is 8.28. The number of aromatic nitrogens is 1. The van der Waals surface area contributed by atoms with Gasteiger partial charge in [-0.2, -0.15) is 0 Å². The number of nitrogen functional groups attached to an aromatic ring is 1. The first-order valence-corrected chi connectivity index (χ1v) is 10.8. The third-order valence-corrected chi connectivity index (χ3v) is 5.66. The summed E-state index contributed by atoms with van der Waals surface area (Å²) < 4.78 is 0. The quantitative estimate of drug-likeness (QED) is 0.354. The Morgan fingerprint density at radius 2 is 2.00 bits per heavy atom. The summed E-state index contributed by atoms with van der Waals surface area (Å²) in [6.45, 7) is -0.341. The van der Waals surface area contributed by atoms with E-state index in [-0.39, 0.29) is 19.1 Å². The monoisotopic (exact) mass is 463 g/mol. The van der Waals surface area contributed by atoms with Crippen LogP contribution in [0.25, 0.3) is 10.8 Å². The topological polar surface area (TPSA) is 158 Å². The number of carbonyl (C=O) groups excluding carboxylic acids is 3. The van der Waals surface area contributed by atoms with E-state index in [2.05, 4.69) is 15.6 Å². The summed E-state index contributed by atoms with van der Waals surface area (Å²) in [6.07, 6.45) is 0.461. The number of aryl methyl sites for hydroxylation is 1. The smallest absolute Gasteiger partial charge is 0.253 e. The molecule has 1 atom stereocenters. The molecule has 1 aliphatic heterocycles. The van der Waals surface area contributed by atoms with Crippen LogP contribution in [-0.2, 0) is 20.8 Å². The van der Waals surface area contributed by atoms with Gasteiger partial charge in [-0.15, -0.1) is 0 Å². The van der Waals surface area contributed by atoms with E-state index in [1.165, 1.54) is 4.90 Å². The third-order valence-electron chi connectivity index (χ3n) is 5.66. The number of hydrogen-bond acceptors (Lipinski definition) is 7. The number of anilines is 4. The summed E-state index contributed by atoms with van der Waals surface area (Å²) >= 11 is 0. The fraction of sp³-hybridized carbons (Fsp3) is 0.250. The van der Waals surface area contributed by atoms with Crippen molar-refractivity contribution in [2.24, 2.45) is 0 Å². The molecule has 2 aromatic carbocycles. The predicted octanol–water partition coefficient (Wildman–Crippen LogP) is 1.42. The maximum absolute atomic E-state index is 12.9. The summed E-state index contributed by atoms with van der Waals surface area (Å²) in [5, 5.41) is 26.7. The van der Waals surface area contributed by atoms with Gasteiger partial charge in [0.05, 0.1) is 13.0 Å². The number of amides is 3. The molecular weight excluding hydrogens is 438 g/mol. The standard InChI is InChI=1S/C24H25N5O5/c25-23-18-5-3-16(11-15(18)7-8-26-23)27-24(34)20(31)13-22(33)29(9-10-30)17-4-1-14-2-6-21(32)28-19(14)12-17/h1,3-5,7-8,11-12,20,30-31H,2,6,9-10,13H2,(H2,25,26)(H,27,34)(H,28,32). The first kappa shape index (κ1) is 23.1. The van der Waals surface area contributed by atoms with Gasteiger partial charge in [-0.1, -0.05) is 6.07 Å². The van der Waals surface area contributed by atoms with Gasteiger partial charge in [-0.3, -0.25) is 14.4 Å². The van der Waals surface area contributed by atoms with Crippen molar-refractivity contribution in [1.82, 2.24) is 4.98 Å². The highest BCUT2D eigenvalue weighted by atomic mass is 16.3. The molecule has 10 nitrogen and oxygen atoms in total. The van der Waals surface area contributed by atoms with Crippen molar-refractivity contribution < 1.29 is 24.6 Å². The number of nitrogens with one attached hydrogen (secondary N) is 2. The van der Waals surface area contributed by atoms with Gasteiger partial charge in [0.25, 0.3) is 5.91 Å². The molecular formula is C24H25N5O5. The van der Waals surface area contributed by atoms with Crippen LogP contribution >= 0.6 is 0 Å². The normalized spacial score (nSPS) is 13.6. The molecule has 1 unspecified atom stereocenters. The molecule has 0 bridgehead atoms. The Balaban J connectivity index is 1.45. The SMILES string of the molecule is Nc1nccc2cc(NC(=O)C(O)CC(=O)N(CCO)c3ccc4c(c3)NC(=O)CC4)ccc12. The maximum Gasteiger partial charge on any atom is 0.253 e. The Morgan fingerprint density at radius 3 is 2.79 bits per heavy atom. The lowest BCUT2D eigenvalue weighted by molar-refractivity contribution is -0.129. The number of aliphatic hydroxyl groups excluding tert-OH is 2. The van der Waals surface area contributed by atoms with E-state index < -0.39 is 24.3 Å². The van der Waals surface area contributed by atoms with E-state index in [4.69, 9.17) is 5.73 Å². The predicted molar refractivity (Wildman–Crippen MR) is 128 cm³/mol. The molecule has 4 rings (SSSR count). The zero-order valence-electron chi connectivity index (χ0n) is 18.3. The largest absolute Gasteiger partial charge is 0.395 e. The van der Waals surface area contributed by atoms with E-state index >= 15 is 0 Å². The van der Waals surface area contributed by atoms with Gasteiger partial charge in [-0.05, 0) is 53.8 Å². The first-order chi connectivity index (χ1) is 16.4. The van der Waals surface area contributed by atoms with Crippen molar-refractivity contribution in [2.45, 2.75) is 25.4 Å². The first-order valence-electron chi connectivity index (χ1n) is 10.8. The molecule has 3 aromatic rings. The van der Waals surface area contributed by atoms with E-state index in [1.807, 2.05) is 6.07 Å². The molecule has 0 aliphatic carbocycles. The van der Waals surface area contributed by atoms with Crippen molar-refractivity contribution in [1.29, 1.82) is 0 Å². The minimum atomic E-state index is -1.61. The number of benzene rings is 2. The van der Waals surface area contributed by atoms with Crippen LogP contribution in [0, 0.1) is 0 Å². The summed E-state index contributed by atoms with van der Waals surface area (Å²) in [7, 11) is 0. The summed E-state index contributed by atoms with van der Waals surface area (Å²) in [5.74, 6) is -1.02. The molecule has 10 heteroatoms. The van der Waals surface area contributed by atoms with Gasteiger partial charge in [0.1, 0.15) is 11.9 Å². The Bertz CT molecular complexity index is 1260. The van der Waals surface area contributed by atoms with E-state index in [0.717, 1.165) is 16.3 Å². The highest BCUT2D eigenvalue weighted by molar-refractivity contribution is 6.02. The molecule has 0 fully saturated rings. The molecule has 1 aliphatic rings. The number of nitrogens with zero attached hydrogens (tertiary/aromatic N) is 2. The van der Waals surface area contributed by atoms with Crippen LogP contribution in [0.3, 0.4) is 0 Å². The number of rotatable bonds is 7. The molecule has 0 saturated heterocycles. The van der Waals surface area contributed by atoms with Crippen LogP contribution in [0.1, 0.15) is 18.4 Å². The minimum absolute atomic E-state index is 0.0277. The number of fused-ring (bicyclic) bond motifs is 2. The van der Waals surface area contributed by atoms with Crippen molar-refractivity contribution >= 4 is 51.4 Å². The molecule has 1 aromatic heterocycles. The van der Waals surface area contributed by atoms with Crippen LogP contribution in [0.4, 0.5) is 22.9 Å². The summed E-state index contributed by atoms with van der Waals surface area (Å²) in [4.78, 5) is 42.4. The van der Waals surface area contributed by atoms with Gasteiger partial charge in [0, 0.05) is 41.6 Å². The van der Waals surface area contributed by atoms with Gasteiger partial charge in [0.2, 0.25) is 11.8 Å². The zero-order chi connectivity index (χ0) is 24.2. The Hall–Kier alpha value is -4.02. The van der Waals surface area contributed by atoms with Crippen molar-refractivity contribution in [3.8, 4) is 0 Å². The second-order valence-corrected chi connectivity index (χ2v) is 8.00. The molecule has 34 heavy (non-hydrogen) atoms. The van der Waals surface area contributed by atoms with Gasteiger partial charge >= 0.3 is 0 Å². The molecule has 3 amide bonds. The lowest BCUT2D eigenvalue weighted by Crippen LogP contribution is -2.39. The van der Waals surface area contributed by atoms with Crippen molar-refractivity contribution in [3.05, 3.63) is 54.2 Å². The highest BCUT2D eigenvalue weighted by Crippen LogP contribution is 2.28. The third kappa shape index (κ3) is 4.98. The molecule has 176 valence electrons. The van der Waals surface area contributed by atoms with Crippen LogP contribution < -0.4 is 21.3 Å². The molecule has 0 radical (unpaired) electrons. The Kier molecular flexibility index (Phi) is 6.71. The fourth-order valence-electron chi connectivity index (χ4n) is 3.90.